The Hall–Kier alpha value is -3.19. The summed E-state index contributed by atoms with van der Waals surface area (Å²) in [5.74, 6) is 1.88. The monoisotopic (exact) mass is 443 g/mol. The summed E-state index contributed by atoms with van der Waals surface area (Å²) in [5, 5.41) is 3.37. The molecule has 3 aromatic rings. The van der Waals surface area contributed by atoms with Gasteiger partial charge in [-0.2, -0.15) is 0 Å². The normalized spacial score (nSPS) is 11.6. The minimum Gasteiger partial charge on any atom is -0.497 e. The molecule has 1 unspecified atom stereocenters. The molecule has 1 heterocycles. The van der Waals surface area contributed by atoms with Crippen molar-refractivity contribution in [2.24, 2.45) is 7.05 Å². The molecule has 0 saturated carbocycles. The Kier molecular flexibility index (Phi) is 7.41. The molecule has 0 aliphatic carbocycles. The Morgan fingerprint density at radius 3 is 2.68 bits per heavy atom. The van der Waals surface area contributed by atoms with Crippen molar-refractivity contribution in [1.82, 2.24) is 14.9 Å². The number of amides is 1. The second kappa shape index (κ2) is 10.2. The first kappa shape index (κ1) is 22.5. The second-order valence-corrected chi connectivity index (χ2v) is 7.32. The van der Waals surface area contributed by atoms with Crippen molar-refractivity contribution in [3.63, 3.8) is 0 Å². The maximum absolute atomic E-state index is 13.2. The number of carbonyl (C=O) groups excluding carboxylic acids is 1. The van der Waals surface area contributed by atoms with Gasteiger partial charge in [0, 0.05) is 25.0 Å². The first-order valence-corrected chi connectivity index (χ1v) is 10.3. The molecule has 0 aliphatic heterocycles. The van der Waals surface area contributed by atoms with Crippen molar-refractivity contribution in [2.75, 3.05) is 20.8 Å². The molecule has 3 rings (SSSR count). The SMILES string of the molecule is CCCOc1c(Cl)cc(C(=O)NC(c2cccc(OC)c2)c2nccn2C)cc1OC. The summed E-state index contributed by atoms with van der Waals surface area (Å²) in [6.45, 7) is 2.50. The zero-order chi connectivity index (χ0) is 22.4. The van der Waals surface area contributed by atoms with Gasteiger partial charge in [0.25, 0.3) is 5.91 Å². The first-order chi connectivity index (χ1) is 15.0. The Bertz CT molecular complexity index is 1050. The van der Waals surface area contributed by atoms with Crippen molar-refractivity contribution in [3.05, 3.63) is 70.8 Å². The zero-order valence-electron chi connectivity index (χ0n) is 18.0. The maximum Gasteiger partial charge on any atom is 0.252 e. The topological polar surface area (TPSA) is 74.6 Å². The fraction of sp³-hybridized carbons (Fsp3) is 0.304. The molecule has 2 aromatic carbocycles. The number of hydrogen-bond donors (Lipinski definition) is 1. The molecule has 8 heteroatoms. The summed E-state index contributed by atoms with van der Waals surface area (Å²) in [5.41, 5.74) is 1.19. The molecule has 1 N–H and O–H groups in total. The third-order valence-corrected chi connectivity index (χ3v) is 5.04. The molecule has 1 aromatic heterocycles. The molecular formula is C23H26ClN3O4. The smallest absolute Gasteiger partial charge is 0.252 e. The highest BCUT2D eigenvalue weighted by Crippen LogP contribution is 2.37. The van der Waals surface area contributed by atoms with Crippen molar-refractivity contribution in [2.45, 2.75) is 19.4 Å². The molecule has 31 heavy (non-hydrogen) atoms. The van der Waals surface area contributed by atoms with Gasteiger partial charge in [-0.15, -0.1) is 0 Å². The minimum absolute atomic E-state index is 0.313. The Morgan fingerprint density at radius 1 is 1.23 bits per heavy atom. The van der Waals surface area contributed by atoms with Crippen LogP contribution in [0.4, 0.5) is 0 Å². The van der Waals surface area contributed by atoms with Gasteiger partial charge >= 0.3 is 0 Å². The number of hydrogen-bond acceptors (Lipinski definition) is 5. The van der Waals surface area contributed by atoms with Crippen molar-refractivity contribution < 1.29 is 19.0 Å². The number of nitrogens with one attached hydrogen (secondary N) is 1. The summed E-state index contributed by atoms with van der Waals surface area (Å²) >= 11 is 6.39. The number of imidazole rings is 1. The minimum atomic E-state index is -0.497. The number of ether oxygens (including phenoxy) is 3. The van der Waals surface area contributed by atoms with Crippen LogP contribution in [-0.4, -0.2) is 36.3 Å². The van der Waals surface area contributed by atoms with Crippen LogP contribution >= 0.6 is 11.6 Å². The highest BCUT2D eigenvalue weighted by atomic mass is 35.5. The molecule has 0 radical (unpaired) electrons. The second-order valence-electron chi connectivity index (χ2n) is 6.92. The molecule has 1 atom stereocenters. The number of aryl methyl sites for hydroxylation is 1. The molecule has 7 nitrogen and oxygen atoms in total. The van der Waals surface area contributed by atoms with E-state index in [4.69, 9.17) is 25.8 Å². The van der Waals surface area contributed by atoms with Crippen LogP contribution in [-0.2, 0) is 7.05 Å². The highest BCUT2D eigenvalue weighted by molar-refractivity contribution is 6.32. The van der Waals surface area contributed by atoms with Crippen molar-refractivity contribution >= 4 is 17.5 Å². The number of halogens is 1. The molecule has 164 valence electrons. The van der Waals surface area contributed by atoms with Gasteiger partial charge in [-0.3, -0.25) is 4.79 Å². The standard InChI is InChI=1S/C23H26ClN3O4/c1-5-11-31-21-18(24)13-16(14-19(21)30-4)23(28)26-20(22-25-9-10-27(22)2)15-7-6-8-17(12-15)29-3/h6-10,12-14,20H,5,11H2,1-4H3,(H,26,28). The van der Waals surface area contributed by atoms with E-state index in [0.29, 0.717) is 40.3 Å². The fourth-order valence-electron chi connectivity index (χ4n) is 3.18. The van der Waals surface area contributed by atoms with Gasteiger partial charge < -0.3 is 24.1 Å². The maximum atomic E-state index is 13.2. The van der Waals surface area contributed by atoms with Gasteiger partial charge in [-0.1, -0.05) is 30.7 Å². The molecular weight excluding hydrogens is 418 g/mol. The third kappa shape index (κ3) is 5.11. The number of methoxy groups -OCH3 is 2. The largest absolute Gasteiger partial charge is 0.497 e. The number of aromatic nitrogens is 2. The Labute approximate surface area is 186 Å². The van der Waals surface area contributed by atoms with Gasteiger partial charge in [-0.05, 0) is 36.2 Å². The van der Waals surface area contributed by atoms with Crippen molar-refractivity contribution in [3.8, 4) is 17.2 Å². The fourth-order valence-corrected chi connectivity index (χ4v) is 3.45. The van der Waals surface area contributed by atoms with E-state index in [1.807, 2.05) is 49.0 Å². The van der Waals surface area contributed by atoms with Crippen LogP contribution in [0.5, 0.6) is 17.2 Å². The van der Waals surface area contributed by atoms with E-state index in [9.17, 15) is 4.79 Å². The Balaban J connectivity index is 1.95. The Morgan fingerprint density at radius 2 is 2.03 bits per heavy atom. The van der Waals surface area contributed by atoms with Crippen LogP contribution in [0.1, 0.15) is 41.1 Å². The van der Waals surface area contributed by atoms with Gasteiger partial charge in [0.05, 0.1) is 25.8 Å². The number of nitrogens with zero attached hydrogens (tertiary/aromatic N) is 2. The molecule has 0 aliphatic rings. The quantitative estimate of drug-likeness (QED) is 0.530. The average molecular weight is 444 g/mol. The lowest BCUT2D eigenvalue weighted by Crippen LogP contribution is -2.31. The van der Waals surface area contributed by atoms with Gasteiger partial charge in [-0.25, -0.2) is 4.98 Å². The number of carbonyl (C=O) groups is 1. The van der Waals surface area contributed by atoms with Crippen LogP contribution in [0.25, 0.3) is 0 Å². The van der Waals surface area contributed by atoms with E-state index < -0.39 is 6.04 Å². The number of rotatable bonds is 9. The number of benzene rings is 2. The summed E-state index contributed by atoms with van der Waals surface area (Å²) < 4.78 is 18.3. The lowest BCUT2D eigenvalue weighted by atomic mass is 10.0. The summed E-state index contributed by atoms with van der Waals surface area (Å²) in [4.78, 5) is 17.6. The van der Waals surface area contributed by atoms with Crippen LogP contribution in [0, 0.1) is 0 Å². The zero-order valence-corrected chi connectivity index (χ0v) is 18.8. The van der Waals surface area contributed by atoms with Gasteiger partial charge in [0.1, 0.15) is 17.6 Å². The van der Waals surface area contributed by atoms with E-state index in [-0.39, 0.29) is 5.91 Å². The molecule has 0 bridgehead atoms. The van der Waals surface area contributed by atoms with Crippen LogP contribution in [0.2, 0.25) is 5.02 Å². The molecule has 1 amide bonds. The van der Waals surface area contributed by atoms with E-state index >= 15 is 0 Å². The summed E-state index contributed by atoms with van der Waals surface area (Å²) in [6, 6.07) is 10.2. The molecule has 0 saturated heterocycles. The molecule has 0 fully saturated rings. The highest BCUT2D eigenvalue weighted by Gasteiger charge is 2.23. The average Bonchev–Trinajstić information content (AvgIpc) is 3.21. The van der Waals surface area contributed by atoms with Crippen LogP contribution in [0.15, 0.2) is 48.8 Å². The van der Waals surface area contributed by atoms with E-state index in [1.165, 1.54) is 7.11 Å². The lowest BCUT2D eigenvalue weighted by Gasteiger charge is -2.20. The van der Waals surface area contributed by atoms with Crippen LogP contribution in [0.3, 0.4) is 0 Å². The summed E-state index contributed by atoms with van der Waals surface area (Å²) in [7, 11) is 4.99. The lowest BCUT2D eigenvalue weighted by molar-refractivity contribution is 0.0940. The van der Waals surface area contributed by atoms with Crippen molar-refractivity contribution in [1.29, 1.82) is 0 Å². The van der Waals surface area contributed by atoms with E-state index in [0.717, 1.165) is 12.0 Å². The molecule has 0 spiro atoms. The first-order valence-electron chi connectivity index (χ1n) is 9.90. The van der Waals surface area contributed by atoms with Gasteiger partial charge in [0.2, 0.25) is 0 Å². The third-order valence-electron chi connectivity index (χ3n) is 4.76. The van der Waals surface area contributed by atoms with E-state index in [1.54, 1.807) is 25.4 Å². The van der Waals surface area contributed by atoms with Gasteiger partial charge in [0.15, 0.2) is 11.5 Å². The van der Waals surface area contributed by atoms with Crippen LogP contribution < -0.4 is 19.5 Å². The van der Waals surface area contributed by atoms with E-state index in [2.05, 4.69) is 10.3 Å². The predicted molar refractivity (Wildman–Crippen MR) is 119 cm³/mol. The summed E-state index contributed by atoms with van der Waals surface area (Å²) in [6.07, 6.45) is 4.34. The predicted octanol–water partition coefficient (Wildman–Crippen LogP) is 4.40.